The Hall–Kier alpha value is -1.63. The molecule has 2 N–H and O–H groups in total. The summed E-state index contributed by atoms with van der Waals surface area (Å²) < 4.78 is 7.04. The predicted molar refractivity (Wildman–Crippen MR) is 89.4 cm³/mol. The number of rotatable bonds is 3. The topological polar surface area (TPSA) is 73.4 Å². The Morgan fingerprint density at radius 1 is 1.30 bits per heavy atom. The fourth-order valence-electron chi connectivity index (χ4n) is 3.11. The number of hydrogen-bond acceptors (Lipinski definition) is 5. The number of aromatic nitrogens is 2. The van der Waals surface area contributed by atoms with Gasteiger partial charge in [-0.05, 0) is 30.9 Å². The molecule has 2 aromatic rings. The third kappa shape index (κ3) is 2.60. The first kappa shape index (κ1) is 14.9. The lowest BCUT2D eigenvalue weighted by molar-refractivity contribution is 0.109. The van der Waals surface area contributed by atoms with Crippen LogP contribution in [-0.4, -0.2) is 36.0 Å². The molecule has 1 saturated carbocycles. The summed E-state index contributed by atoms with van der Waals surface area (Å²) in [5, 5.41) is 2.85. The Labute approximate surface area is 138 Å². The van der Waals surface area contributed by atoms with E-state index in [1.54, 1.807) is 10.7 Å². The average Bonchev–Trinajstić information content (AvgIpc) is 3.39. The highest BCUT2D eigenvalue weighted by atomic mass is 35.5. The number of nitrogens with two attached hydrogens (primary N) is 1. The van der Waals surface area contributed by atoms with Crippen molar-refractivity contribution in [2.24, 2.45) is 11.7 Å². The molecule has 2 aliphatic rings. The number of halogens is 1. The minimum absolute atomic E-state index is 0.145. The number of fused-ring (bicyclic) bond motifs is 1. The van der Waals surface area contributed by atoms with Gasteiger partial charge in [-0.15, -0.1) is 0 Å². The van der Waals surface area contributed by atoms with Gasteiger partial charge in [-0.25, -0.2) is 9.66 Å². The Morgan fingerprint density at radius 3 is 2.74 bits per heavy atom. The van der Waals surface area contributed by atoms with Crippen molar-refractivity contribution in [1.29, 1.82) is 0 Å². The van der Waals surface area contributed by atoms with E-state index in [0.29, 0.717) is 54.0 Å². The van der Waals surface area contributed by atoms with Crippen LogP contribution in [0.2, 0.25) is 5.02 Å². The number of hydrogen-bond donors (Lipinski definition) is 1. The fourth-order valence-corrected chi connectivity index (χ4v) is 3.36. The van der Waals surface area contributed by atoms with Crippen molar-refractivity contribution in [3.63, 3.8) is 0 Å². The summed E-state index contributed by atoms with van der Waals surface area (Å²) in [5.41, 5.74) is 6.86. The maximum atomic E-state index is 13.1. The molecule has 0 spiro atoms. The highest BCUT2D eigenvalue weighted by Gasteiger charge is 2.34. The molecule has 1 aromatic heterocycles. The van der Waals surface area contributed by atoms with Crippen LogP contribution in [0.25, 0.3) is 10.9 Å². The lowest BCUT2D eigenvalue weighted by atomic mass is 10.1. The van der Waals surface area contributed by atoms with Crippen molar-refractivity contribution < 1.29 is 4.74 Å². The van der Waals surface area contributed by atoms with Crippen LogP contribution in [0.5, 0.6) is 0 Å². The van der Waals surface area contributed by atoms with Gasteiger partial charge in [-0.3, -0.25) is 4.79 Å². The normalized spacial score (nSPS) is 20.0. The minimum atomic E-state index is -0.228. The summed E-state index contributed by atoms with van der Waals surface area (Å²) in [6.45, 7) is 2.46. The molecule has 6 nitrogen and oxygen atoms in total. The van der Waals surface area contributed by atoms with Crippen molar-refractivity contribution in [1.82, 2.24) is 9.66 Å². The number of morpholine rings is 1. The smallest absolute Gasteiger partial charge is 0.281 e. The zero-order chi connectivity index (χ0) is 16.0. The second kappa shape index (κ2) is 5.78. The molecule has 7 heteroatoms. The van der Waals surface area contributed by atoms with E-state index in [4.69, 9.17) is 27.1 Å². The molecule has 1 unspecified atom stereocenters. The van der Waals surface area contributed by atoms with Gasteiger partial charge in [0.25, 0.3) is 5.56 Å². The molecule has 1 saturated heterocycles. The molecule has 23 heavy (non-hydrogen) atoms. The van der Waals surface area contributed by atoms with E-state index in [1.165, 1.54) is 0 Å². The SMILES string of the molecule is NC(c1nc2cccc(Cl)c2c(=O)n1N1CCOCC1)C1CC1. The van der Waals surface area contributed by atoms with Crippen LogP contribution in [0.15, 0.2) is 23.0 Å². The first-order chi connectivity index (χ1) is 11.2. The van der Waals surface area contributed by atoms with Crippen molar-refractivity contribution in [2.45, 2.75) is 18.9 Å². The number of ether oxygens (including phenoxy) is 1. The number of nitrogens with zero attached hydrogens (tertiary/aromatic N) is 3. The number of benzene rings is 1. The minimum Gasteiger partial charge on any atom is -0.378 e. The van der Waals surface area contributed by atoms with Crippen molar-refractivity contribution in [2.75, 3.05) is 31.3 Å². The molecule has 2 heterocycles. The molecule has 2 fully saturated rings. The first-order valence-corrected chi connectivity index (χ1v) is 8.34. The zero-order valence-electron chi connectivity index (χ0n) is 12.7. The highest BCUT2D eigenvalue weighted by Crippen LogP contribution is 2.39. The quantitative estimate of drug-likeness (QED) is 0.919. The van der Waals surface area contributed by atoms with Gasteiger partial charge >= 0.3 is 0 Å². The Morgan fingerprint density at radius 2 is 2.04 bits per heavy atom. The van der Waals surface area contributed by atoms with Crippen molar-refractivity contribution in [3.05, 3.63) is 39.4 Å². The molecule has 122 valence electrons. The average molecular weight is 335 g/mol. The van der Waals surface area contributed by atoms with Crippen LogP contribution in [0.4, 0.5) is 0 Å². The fraction of sp³-hybridized carbons (Fsp3) is 0.500. The zero-order valence-corrected chi connectivity index (χ0v) is 13.5. The maximum Gasteiger partial charge on any atom is 0.281 e. The highest BCUT2D eigenvalue weighted by molar-refractivity contribution is 6.35. The van der Waals surface area contributed by atoms with Crippen LogP contribution < -0.4 is 16.3 Å². The summed E-state index contributed by atoms with van der Waals surface area (Å²) in [6.07, 6.45) is 2.18. The van der Waals surface area contributed by atoms with Gasteiger partial charge in [0.1, 0.15) is 5.82 Å². The van der Waals surface area contributed by atoms with Gasteiger partial charge in [0.2, 0.25) is 0 Å². The lowest BCUT2D eigenvalue weighted by Crippen LogP contribution is -2.51. The van der Waals surface area contributed by atoms with E-state index in [-0.39, 0.29) is 11.6 Å². The van der Waals surface area contributed by atoms with E-state index < -0.39 is 0 Å². The van der Waals surface area contributed by atoms with Crippen LogP contribution >= 0.6 is 11.6 Å². The van der Waals surface area contributed by atoms with E-state index in [9.17, 15) is 4.79 Å². The summed E-state index contributed by atoms with van der Waals surface area (Å²) in [7, 11) is 0. The molecule has 1 aliphatic heterocycles. The Bertz CT molecular complexity index is 797. The summed E-state index contributed by atoms with van der Waals surface area (Å²) in [4.78, 5) is 17.8. The van der Waals surface area contributed by atoms with Crippen molar-refractivity contribution in [3.8, 4) is 0 Å². The molecule has 1 aromatic carbocycles. The molecule has 0 radical (unpaired) electrons. The van der Waals surface area contributed by atoms with E-state index in [2.05, 4.69) is 0 Å². The molecule has 1 aliphatic carbocycles. The molecule has 0 amide bonds. The van der Waals surface area contributed by atoms with Gasteiger partial charge < -0.3 is 15.5 Å². The van der Waals surface area contributed by atoms with E-state index in [1.807, 2.05) is 17.1 Å². The second-order valence-corrected chi connectivity index (χ2v) is 6.56. The third-order valence-corrected chi connectivity index (χ3v) is 4.86. The molecule has 1 atom stereocenters. The monoisotopic (exact) mass is 334 g/mol. The molecular weight excluding hydrogens is 316 g/mol. The third-order valence-electron chi connectivity index (χ3n) is 4.55. The summed E-state index contributed by atoms with van der Waals surface area (Å²) >= 11 is 6.25. The predicted octanol–water partition coefficient (Wildman–Crippen LogP) is 1.43. The second-order valence-electron chi connectivity index (χ2n) is 6.15. The van der Waals surface area contributed by atoms with Crippen LogP contribution in [0.1, 0.15) is 24.7 Å². The van der Waals surface area contributed by atoms with Crippen LogP contribution in [-0.2, 0) is 4.74 Å². The van der Waals surface area contributed by atoms with Gasteiger partial charge in [-0.2, -0.15) is 0 Å². The molecule has 4 rings (SSSR count). The maximum absolute atomic E-state index is 13.1. The van der Waals surface area contributed by atoms with Gasteiger partial charge in [0, 0.05) is 0 Å². The van der Waals surface area contributed by atoms with Gasteiger partial charge in [-0.1, -0.05) is 17.7 Å². The van der Waals surface area contributed by atoms with Gasteiger partial charge in [0.15, 0.2) is 0 Å². The van der Waals surface area contributed by atoms with E-state index in [0.717, 1.165) is 12.8 Å². The van der Waals surface area contributed by atoms with Crippen molar-refractivity contribution >= 4 is 22.5 Å². The first-order valence-electron chi connectivity index (χ1n) is 7.96. The Kier molecular flexibility index (Phi) is 3.75. The summed E-state index contributed by atoms with van der Waals surface area (Å²) in [6, 6.07) is 5.11. The van der Waals surface area contributed by atoms with E-state index >= 15 is 0 Å². The molecular formula is C16H19ClN4O2. The molecule has 0 bridgehead atoms. The van der Waals surface area contributed by atoms with Crippen LogP contribution in [0, 0.1) is 5.92 Å². The standard InChI is InChI=1S/C16H19ClN4O2/c17-11-2-1-3-12-13(11)16(22)21(20-6-8-23-9-7-20)15(19-12)14(18)10-4-5-10/h1-3,10,14H,4-9,18H2. The van der Waals surface area contributed by atoms with Crippen LogP contribution in [0.3, 0.4) is 0 Å². The largest absolute Gasteiger partial charge is 0.378 e. The Balaban J connectivity index is 1.95. The van der Waals surface area contributed by atoms with Gasteiger partial charge in [0.05, 0.1) is 48.3 Å². The lowest BCUT2D eigenvalue weighted by Gasteiger charge is -2.33. The summed E-state index contributed by atoms with van der Waals surface area (Å²) in [5.74, 6) is 1.04.